The van der Waals surface area contributed by atoms with Gasteiger partial charge in [-0.1, -0.05) is 24.3 Å². The highest BCUT2D eigenvalue weighted by Crippen LogP contribution is 2.39. The molecule has 1 aliphatic heterocycles. The van der Waals surface area contributed by atoms with Crippen molar-refractivity contribution in [1.29, 1.82) is 0 Å². The van der Waals surface area contributed by atoms with E-state index in [4.69, 9.17) is 0 Å². The van der Waals surface area contributed by atoms with E-state index >= 15 is 0 Å². The Morgan fingerprint density at radius 3 is 2.73 bits per heavy atom. The summed E-state index contributed by atoms with van der Waals surface area (Å²) < 4.78 is 28.8. The number of sulfonamides is 1. The molecule has 4 rings (SSSR count). The maximum absolute atomic E-state index is 13.0. The van der Waals surface area contributed by atoms with Crippen molar-refractivity contribution in [2.45, 2.75) is 49.5 Å². The number of rotatable bonds is 3. The molecule has 2 aliphatic rings. The molecular formula is C20H22N2O3S. The second-order valence-corrected chi connectivity index (χ2v) is 9.27. The lowest BCUT2D eigenvalue weighted by molar-refractivity contribution is -0.119. The van der Waals surface area contributed by atoms with Crippen LogP contribution in [0.2, 0.25) is 0 Å². The first-order chi connectivity index (χ1) is 12.3. The number of hydrogen-bond acceptors (Lipinski definition) is 3. The molecule has 5 nitrogen and oxygen atoms in total. The van der Waals surface area contributed by atoms with Gasteiger partial charge in [0.2, 0.25) is 15.9 Å². The Balaban J connectivity index is 1.67. The first kappa shape index (κ1) is 17.2. The fourth-order valence-corrected chi connectivity index (χ4v) is 5.12. The van der Waals surface area contributed by atoms with Gasteiger partial charge in [0.1, 0.15) is 0 Å². The molecule has 1 heterocycles. The fraction of sp³-hybridized carbons (Fsp3) is 0.350. The van der Waals surface area contributed by atoms with Crippen LogP contribution in [-0.4, -0.2) is 14.3 Å². The zero-order valence-corrected chi connectivity index (χ0v) is 15.7. The van der Waals surface area contributed by atoms with Gasteiger partial charge in [0, 0.05) is 11.7 Å². The predicted octanol–water partition coefficient (Wildman–Crippen LogP) is 3.27. The van der Waals surface area contributed by atoms with Crippen LogP contribution in [0.15, 0.2) is 47.4 Å². The van der Waals surface area contributed by atoms with Crippen LogP contribution >= 0.6 is 0 Å². The zero-order chi connectivity index (χ0) is 18.5. The Hall–Kier alpha value is -2.18. The van der Waals surface area contributed by atoms with Crippen LogP contribution in [0.5, 0.6) is 0 Å². The minimum Gasteiger partial charge on any atom is -0.325 e. The van der Waals surface area contributed by atoms with Crippen LogP contribution in [0.3, 0.4) is 0 Å². The summed E-state index contributed by atoms with van der Waals surface area (Å²) in [6, 6.07) is 12.6. The van der Waals surface area contributed by atoms with Gasteiger partial charge in [-0.15, -0.1) is 0 Å². The predicted molar refractivity (Wildman–Crippen MR) is 101 cm³/mol. The Morgan fingerprint density at radius 1 is 1.15 bits per heavy atom. The molecule has 1 atom stereocenters. The molecule has 6 heteroatoms. The SMILES string of the molecule is CC1(C)C(=O)Nc2ccc(S(=O)(=O)N[C@@H]3CCCc4ccccc43)cc21. The lowest BCUT2D eigenvalue weighted by atomic mass is 9.86. The normalized spacial score (nSPS) is 21.0. The van der Waals surface area contributed by atoms with E-state index in [0.717, 1.165) is 30.4 Å². The first-order valence-electron chi connectivity index (χ1n) is 8.85. The maximum atomic E-state index is 13.0. The van der Waals surface area contributed by atoms with Crippen molar-refractivity contribution >= 4 is 21.6 Å². The number of fused-ring (bicyclic) bond motifs is 2. The lowest BCUT2D eigenvalue weighted by Crippen LogP contribution is -2.31. The maximum Gasteiger partial charge on any atom is 0.241 e. The Kier molecular flexibility index (Phi) is 3.93. The van der Waals surface area contributed by atoms with Gasteiger partial charge in [-0.05, 0) is 68.0 Å². The quantitative estimate of drug-likeness (QED) is 0.871. The smallest absolute Gasteiger partial charge is 0.241 e. The number of hydrogen-bond donors (Lipinski definition) is 2. The van der Waals surface area contributed by atoms with Crippen LogP contribution in [-0.2, 0) is 26.7 Å². The average molecular weight is 370 g/mol. The van der Waals surface area contributed by atoms with Crippen molar-refractivity contribution < 1.29 is 13.2 Å². The van der Waals surface area contributed by atoms with E-state index in [1.54, 1.807) is 32.0 Å². The monoisotopic (exact) mass is 370 g/mol. The van der Waals surface area contributed by atoms with E-state index in [1.807, 2.05) is 18.2 Å². The molecule has 2 aromatic carbocycles. The van der Waals surface area contributed by atoms with Gasteiger partial charge in [-0.2, -0.15) is 0 Å². The van der Waals surface area contributed by atoms with Crippen molar-refractivity contribution in [2.24, 2.45) is 0 Å². The van der Waals surface area contributed by atoms with E-state index in [2.05, 4.69) is 16.1 Å². The van der Waals surface area contributed by atoms with Crippen LogP contribution in [0, 0.1) is 0 Å². The molecule has 136 valence electrons. The van der Waals surface area contributed by atoms with Crippen LogP contribution < -0.4 is 10.0 Å². The second-order valence-electron chi connectivity index (χ2n) is 7.55. The summed E-state index contributed by atoms with van der Waals surface area (Å²) in [5, 5.41) is 2.81. The molecule has 0 aromatic heterocycles. The van der Waals surface area contributed by atoms with Crippen molar-refractivity contribution in [2.75, 3.05) is 5.32 Å². The molecule has 1 aliphatic carbocycles. The van der Waals surface area contributed by atoms with Gasteiger partial charge < -0.3 is 5.32 Å². The van der Waals surface area contributed by atoms with E-state index in [9.17, 15) is 13.2 Å². The van der Waals surface area contributed by atoms with Gasteiger partial charge in [-0.25, -0.2) is 13.1 Å². The summed E-state index contributed by atoms with van der Waals surface area (Å²) in [6.45, 7) is 3.60. The molecule has 26 heavy (non-hydrogen) atoms. The van der Waals surface area contributed by atoms with Crippen molar-refractivity contribution in [3.05, 3.63) is 59.2 Å². The number of amides is 1. The molecule has 2 aromatic rings. The highest BCUT2D eigenvalue weighted by Gasteiger charge is 2.39. The topological polar surface area (TPSA) is 75.3 Å². The number of benzene rings is 2. The summed E-state index contributed by atoms with van der Waals surface area (Å²) in [4.78, 5) is 12.3. The third-order valence-corrected chi connectivity index (χ3v) is 6.93. The van der Waals surface area contributed by atoms with E-state index < -0.39 is 15.4 Å². The van der Waals surface area contributed by atoms with E-state index in [1.165, 1.54) is 5.56 Å². The summed E-state index contributed by atoms with van der Waals surface area (Å²) in [5.74, 6) is -0.115. The van der Waals surface area contributed by atoms with Crippen molar-refractivity contribution in [3.63, 3.8) is 0 Å². The van der Waals surface area contributed by atoms with Gasteiger partial charge >= 0.3 is 0 Å². The van der Waals surface area contributed by atoms with Gasteiger partial charge in [0.15, 0.2) is 0 Å². The second kappa shape index (κ2) is 5.93. The number of nitrogens with one attached hydrogen (secondary N) is 2. The highest BCUT2D eigenvalue weighted by molar-refractivity contribution is 7.89. The minimum absolute atomic E-state index is 0.115. The Labute approximate surface area is 153 Å². The fourth-order valence-electron chi connectivity index (χ4n) is 3.85. The zero-order valence-electron chi connectivity index (χ0n) is 14.9. The molecule has 1 amide bonds. The van der Waals surface area contributed by atoms with Crippen molar-refractivity contribution in [3.8, 4) is 0 Å². The molecular weight excluding hydrogens is 348 g/mol. The average Bonchev–Trinajstić information content (AvgIpc) is 2.84. The van der Waals surface area contributed by atoms with E-state index in [-0.39, 0.29) is 16.8 Å². The molecule has 0 saturated heterocycles. The molecule has 0 fully saturated rings. The summed E-state index contributed by atoms with van der Waals surface area (Å²) in [7, 11) is -3.68. The van der Waals surface area contributed by atoms with Crippen LogP contribution in [0.25, 0.3) is 0 Å². The molecule has 0 bridgehead atoms. The van der Waals surface area contributed by atoms with Crippen LogP contribution in [0.4, 0.5) is 5.69 Å². The third kappa shape index (κ3) is 2.73. The van der Waals surface area contributed by atoms with Gasteiger partial charge in [0.05, 0.1) is 10.3 Å². The molecule has 0 spiro atoms. The minimum atomic E-state index is -3.68. The Bertz CT molecular complexity index is 996. The first-order valence-corrected chi connectivity index (χ1v) is 10.3. The van der Waals surface area contributed by atoms with E-state index in [0.29, 0.717) is 5.69 Å². The molecule has 2 N–H and O–H groups in total. The van der Waals surface area contributed by atoms with Crippen molar-refractivity contribution in [1.82, 2.24) is 4.72 Å². The van der Waals surface area contributed by atoms with Gasteiger partial charge in [-0.3, -0.25) is 4.79 Å². The lowest BCUT2D eigenvalue weighted by Gasteiger charge is -2.26. The summed E-state index contributed by atoms with van der Waals surface area (Å²) >= 11 is 0. The Morgan fingerprint density at radius 2 is 1.92 bits per heavy atom. The standard InChI is InChI=1S/C20H22N2O3S/c1-20(2)16-12-14(10-11-18(16)21-19(20)23)26(24,25)22-17-9-5-7-13-6-3-4-8-15(13)17/h3-4,6,8,10-12,17,22H,5,7,9H2,1-2H3,(H,21,23)/t17-/m1/s1. The molecule has 0 radical (unpaired) electrons. The highest BCUT2D eigenvalue weighted by atomic mass is 32.2. The number of carbonyl (C=O) groups excluding carboxylic acids is 1. The molecule has 0 saturated carbocycles. The number of carbonyl (C=O) groups is 1. The van der Waals surface area contributed by atoms with Crippen LogP contribution in [0.1, 0.15) is 49.4 Å². The largest absolute Gasteiger partial charge is 0.325 e. The third-order valence-electron chi connectivity index (χ3n) is 5.46. The van der Waals surface area contributed by atoms with Gasteiger partial charge in [0.25, 0.3) is 0 Å². The summed E-state index contributed by atoms with van der Waals surface area (Å²) in [5.41, 5.74) is 2.92. The number of anilines is 1. The number of aryl methyl sites for hydroxylation is 1. The summed E-state index contributed by atoms with van der Waals surface area (Å²) in [6.07, 6.45) is 2.72. The molecule has 0 unspecified atom stereocenters.